The second-order valence-corrected chi connectivity index (χ2v) is 7.32. The number of rotatable bonds is 6. The molecule has 0 aromatic heterocycles. The van der Waals surface area contributed by atoms with Crippen LogP contribution >= 0.6 is 11.8 Å². The van der Waals surface area contributed by atoms with Crippen molar-refractivity contribution < 1.29 is 4.79 Å². The Hall–Kier alpha value is -1.67. The van der Waals surface area contributed by atoms with Crippen molar-refractivity contribution in [3.8, 4) is 6.07 Å². The number of nitriles is 1. The van der Waals surface area contributed by atoms with Gasteiger partial charge in [-0.15, -0.1) is 11.8 Å². The molecule has 124 valence electrons. The van der Waals surface area contributed by atoms with Crippen molar-refractivity contribution in [3.63, 3.8) is 0 Å². The minimum Gasteiger partial charge on any atom is -0.378 e. The third-order valence-corrected chi connectivity index (χ3v) is 5.61. The summed E-state index contributed by atoms with van der Waals surface area (Å²) in [5.41, 5.74) is 1.20. The van der Waals surface area contributed by atoms with E-state index in [0.717, 1.165) is 25.0 Å². The van der Waals surface area contributed by atoms with Crippen LogP contribution in [0, 0.1) is 23.2 Å². The first-order valence-corrected chi connectivity index (χ1v) is 9.15. The fraction of sp³-hybridized carbons (Fsp3) is 0.556. The average Bonchev–Trinajstić information content (AvgIpc) is 2.58. The second-order valence-electron chi connectivity index (χ2n) is 6.23. The number of nitrogens with zero attached hydrogens (tertiary/aromatic N) is 2. The molecule has 1 N–H and O–H groups in total. The van der Waals surface area contributed by atoms with Gasteiger partial charge in [-0.1, -0.05) is 12.8 Å². The van der Waals surface area contributed by atoms with Crippen molar-refractivity contribution in [2.24, 2.45) is 11.8 Å². The standard InChI is InChI=1S/C18H25N3OS/c1-21(2)15-7-9-16(10-8-15)23-13-14-5-3-4-6-17(14)18(22)20-12-11-19/h7-10,14,17H,3-6,12-13H2,1-2H3,(H,20,22)/t14-,17+/m0/s1. The van der Waals surface area contributed by atoms with E-state index in [1.807, 2.05) is 31.9 Å². The summed E-state index contributed by atoms with van der Waals surface area (Å²) in [6.45, 7) is 0.112. The lowest BCUT2D eigenvalue weighted by atomic mass is 9.80. The van der Waals surface area contributed by atoms with Crippen LogP contribution in [0.5, 0.6) is 0 Å². The molecule has 0 unspecified atom stereocenters. The zero-order valence-corrected chi connectivity index (χ0v) is 14.7. The topological polar surface area (TPSA) is 56.1 Å². The third-order valence-electron chi connectivity index (χ3n) is 4.40. The first-order valence-electron chi connectivity index (χ1n) is 8.16. The quantitative estimate of drug-likeness (QED) is 0.642. The molecule has 23 heavy (non-hydrogen) atoms. The molecule has 0 aliphatic heterocycles. The summed E-state index contributed by atoms with van der Waals surface area (Å²) < 4.78 is 0. The minimum absolute atomic E-state index is 0.0554. The molecule has 5 heteroatoms. The van der Waals surface area contributed by atoms with Crippen LogP contribution < -0.4 is 10.2 Å². The van der Waals surface area contributed by atoms with Gasteiger partial charge in [-0.2, -0.15) is 5.26 Å². The molecule has 1 aliphatic carbocycles. The smallest absolute Gasteiger partial charge is 0.224 e. The largest absolute Gasteiger partial charge is 0.378 e. The van der Waals surface area contributed by atoms with Crippen LogP contribution in [0.25, 0.3) is 0 Å². The Balaban J connectivity index is 1.91. The van der Waals surface area contributed by atoms with Crippen LogP contribution in [0.4, 0.5) is 5.69 Å². The molecule has 1 aromatic carbocycles. The molecule has 0 radical (unpaired) electrons. The van der Waals surface area contributed by atoms with E-state index in [4.69, 9.17) is 5.26 Å². The highest BCUT2D eigenvalue weighted by atomic mass is 32.2. The molecule has 0 saturated heterocycles. The van der Waals surface area contributed by atoms with Crippen molar-refractivity contribution >= 4 is 23.4 Å². The maximum atomic E-state index is 12.2. The first-order chi connectivity index (χ1) is 11.1. The van der Waals surface area contributed by atoms with Crippen LogP contribution in [0.1, 0.15) is 25.7 Å². The van der Waals surface area contributed by atoms with E-state index in [-0.39, 0.29) is 18.4 Å². The molecule has 1 aromatic rings. The lowest BCUT2D eigenvalue weighted by Gasteiger charge is -2.30. The van der Waals surface area contributed by atoms with Crippen molar-refractivity contribution in [2.75, 3.05) is 31.3 Å². The zero-order chi connectivity index (χ0) is 16.7. The summed E-state index contributed by atoms with van der Waals surface area (Å²) in [5, 5.41) is 11.4. The summed E-state index contributed by atoms with van der Waals surface area (Å²) >= 11 is 1.83. The van der Waals surface area contributed by atoms with Gasteiger partial charge >= 0.3 is 0 Å². The van der Waals surface area contributed by atoms with Gasteiger partial charge < -0.3 is 10.2 Å². The Morgan fingerprint density at radius 2 is 2.00 bits per heavy atom. The lowest BCUT2D eigenvalue weighted by Crippen LogP contribution is -2.37. The number of carbonyl (C=O) groups is 1. The van der Waals surface area contributed by atoms with E-state index in [1.54, 1.807) is 0 Å². The van der Waals surface area contributed by atoms with Crippen LogP contribution in [0.3, 0.4) is 0 Å². The van der Waals surface area contributed by atoms with Gasteiger partial charge in [0.25, 0.3) is 0 Å². The van der Waals surface area contributed by atoms with Crippen molar-refractivity contribution in [1.82, 2.24) is 5.32 Å². The highest BCUT2D eigenvalue weighted by molar-refractivity contribution is 7.99. The van der Waals surface area contributed by atoms with Crippen LogP contribution in [0.2, 0.25) is 0 Å². The maximum Gasteiger partial charge on any atom is 0.224 e. The Morgan fingerprint density at radius 1 is 1.30 bits per heavy atom. The molecule has 0 heterocycles. The Labute approximate surface area is 143 Å². The predicted molar refractivity (Wildman–Crippen MR) is 95.6 cm³/mol. The van der Waals surface area contributed by atoms with Gasteiger partial charge in [-0.3, -0.25) is 4.79 Å². The normalized spacial score (nSPS) is 20.6. The maximum absolute atomic E-state index is 12.2. The Bertz CT molecular complexity index is 550. The molecule has 1 fully saturated rings. The molecule has 1 amide bonds. The van der Waals surface area contributed by atoms with E-state index >= 15 is 0 Å². The minimum atomic E-state index is 0.0554. The highest BCUT2D eigenvalue weighted by Gasteiger charge is 2.30. The lowest BCUT2D eigenvalue weighted by molar-refractivity contribution is -0.127. The summed E-state index contributed by atoms with van der Waals surface area (Å²) in [4.78, 5) is 15.6. The number of hydrogen-bond donors (Lipinski definition) is 1. The van der Waals surface area contributed by atoms with E-state index in [2.05, 4.69) is 34.5 Å². The summed E-state index contributed by atoms with van der Waals surface area (Å²) in [6.07, 6.45) is 4.37. The second kappa shape index (κ2) is 8.83. The average molecular weight is 331 g/mol. The van der Waals surface area contributed by atoms with Crippen LogP contribution in [-0.2, 0) is 4.79 Å². The molecule has 2 atom stereocenters. The summed E-state index contributed by atoms with van der Waals surface area (Å²) in [7, 11) is 4.07. The fourth-order valence-electron chi connectivity index (χ4n) is 3.05. The predicted octanol–water partition coefficient (Wildman–Crippen LogP) is 3.29. The van der Waals surface area contributed by atoms with Gasteiger partial charge in [0.05, 0.1) is 6.07 Å². The van der Waals surface area contributed by atoms with Crippen molar-refractivity contribution in [2.45, 2.75) is 30.6 Å². The van der Waals surface area contributed by atoms with Crippen LogP contribution in [-0.4, -0.2) is 32.3 Å². The molecular weight excluding hydrogens is 306 g/mol. The molecule has 0 bridgehead atoms. The number of thioether (sulfide) groups is 1. The van der Waals surface area contributed by atoms with Crippen LogP contribution in [0.15, 0.2) is 29.2 Å². The number of carbonyl (C=O) groups excluding carboxylic acids is 1. The molecule has 0 spiro atoms. The summed E-state index contributed by atoms with van der Waals surface area (Å²) in [6, 6.07) is 10.5. The van der Waals surface area contributed by atoms with E-state index in [9.17, 15) is 4.79 Å². The first kappa shape index (κ1) is 17.7. The van der Waals surface area contributed by atoms with Gasteiger partial charge in [0.2, 0.25) is 5.91 Å². The third kappa shape index (κ3) is 5.18. The highest BCUT2D eigenvalue weighted by Crippen LogP contribution is 2.35. The number of benzene rings is 1. The van der Waals surface area contributed by atoms with Crippen molar-refractivity contribution in [3.05, 3.63) is 24.3 Å². The number of nitrogens with one attached hydrogen (secondary N) is 1. The Morgan fingerprint density at radius 3 is 2.65 bits per heavy atom. The zero-order valence-electron chi connectivity index (χ0n) is 13.9. The van der Waals surface area contributed by atoms with Crippen molar-refractivity contribution in [1.29, 1.82) is 5.26 Å². The SMILES string of the molecule is CN(C)c1ccc(SC[C@@H]2CCCC[C@H]2C(=O)NCC#N)cc1. The molecule has 1 aliphatic rings. The summed E-state index contributed by atoms with van der Waals surface area (Å²) in [5.74, 6) is 1.48. The van der Waals surface area contributed by atoms with E-state index in [0.29, 0.717) is 5.92 Å². The Kier molecular flexibility index (Phi) is 6.79. The monoisotopic (exact) mass is 331 g/mol. The number of anilines is 1. The number of amides is 1. The van der Waals surface area contributed by atoms with Gasteiger partial charge in [0.15, 0.2) is 0 Å². The molecular formula is C18H25N3OS. The van der Waals surface area contributed by atoms with Gasteiger partial charge in [-0.25, -0.2) is 0 Å². The molecule has 2 rings (SSSR count). The molecule has 4 nitrogen and oxygen atoms in total. The van der Waals surface area contributed by atoms with Gasteiger partial charge in [-0.05, 0) is 43.0 Å². The fourth-order valence-corrected chi connectivity index (χ4v) is 4.19. The van der Waals surface area contributed by atoms with E-state index in [1.165, 1.54) is 17.0 Å². The van der Waals surface area contributed by atoms with Gasteiger partial charge in [0, 0.05) is 36.3 Å². The number of hydrogen-bond acceptors (Lipinski definition) is 4. The van der Waals surface area contributed by atoms with Gasteiger partial charge in [0.1, 0.15) is 6.54 Å². The van der Waals surface area contributed by atoms with E-state index < -0.39 is 0 Å². The molecule has 1 saturated carbocycles.